The van der Waals surface area contributed by atoms with E-state index in [9.17, 15) is 28.0 Å². The van der Waals surface area contributed by atoms with E-state index >= 15 is 0 Å². The Balaban J connectivity index is 4.71. The van der Waals surface area contributed by atoms with Gasteiger partial charge < -0.3 is 9.84 Å². The first kappa shape index (κ1) is 17.4. The van der Waals surface area contributed by atoms with Crippen molar-refractivity contribution >= 4 is 12.1 Å². The summed E-state index contributed by atoms with van der Waals surface area (Å²) in [5.41, 5.74) is -1.05. The number of ether oxygens (including phenoxy) is 2. The Morgan fingerprint density at radius 1 is 1.26 bits per heavy atom. The molecular formula is C9H14F3NO6. The molecule has 1 amide bonds. The van der Waals surface area contributed by atoms with Crippen LogP contribution in [0.2, 0.25) is 0 Å². The van der Waals surface area contributed by atoms with Crippen LogP contribution in [0.5, 0.6) is 0 Å². The zero-order valence-electron chi connectivity index (χ0n) is 10.4. The summed E-state index contributed by atoms with van der Waals surface area (Å²) in [5.74, 6) is -1.88. The van der Waals surface area contributed by atoms with E-state index in [1.54, 1.807) is 0 Å². The molecule has 0 spiro atoms. The fourth-order valence-corrected chi connectivity index (χ4v) is 0.856. The highest BCUT2D eigenvalue weighted by atomic mass is 19.4. The quantitative estimate of drug-likeness (QED) is 0.603. The number of hydroxylamine groups is 2. The van der Waals surface area contributed by atoms with Gasteiger partial charge in [0.15, 0.2) is 6.04 Å². The summed E-state index contributed by atoms with van der Waals surface area (Å²) in [6, 6.07) is -2.24. The molecule has 0 radical (unpaired) electrons. The van der Waals surface area contributed by atoms with Gasteiger partial charge in [-0.1, -0.05) is 0 Å². The van der Waals surface area contributed by atoms with Crippen LogP contribution in [0.3, 0.4) is 0 Å². The lowest BCUT2D eigenvalue weighted by Crippen LogP contribution is -2.48. The monoisotopic (exact) mass is 289 g/mol. The van der Waals surface area contributed by atoms with E-state index in [4.69, 9.17) is 5.11 Å². The molecule has 0 aromatic carbocycles. The number of halogens is 3. The van der Waals surface area contributed by atoms with Crippen molar-refractivity contribution in [1.29, 1.82) is 0 Å². The number of hydrogen-bond donors (Lipinski definition) is 2. The number of aliphatic carboxylic acids is 1. The smallest absolute Gasteiger partial charge is 0.480 e. The molecule has 0 aliphatic rings. The summed E-state index contributed by atoms with van der Waals surface area (Å²) in [6.45, 7) is 2.83. The molecule has 7 nitrogen and oxygen atoms in total. The van der Waals surface area contributed by atoms with Gasteiger partial charge in [-0.2, -0.15) is 5.06 Å². The molecule has 10 heteroatoms. The predicted molar refractivity (Wildman–Crippen MR) is 53.3 cm³/mol. The van der Waals surface area contributed by atoms with E-state index in [0.29, 0.717) is 0 Å². The van der Waals surface area contributed by atoms with Crippen LogP contribution in [0, 0.1) is 0 Å². The molecule has 0 rings (SSSR count). The summed E-state index contributed by atoms with van der Waals surface area (Å²) < 4.78 is 43.2. The third-order valence-electron chi connectivity index (χ3n) is 1.57. The number of carboxylic acids is 1. The highest BCUT2D eigenvalue weighted by molar-refractivity contribution is 5.79. The Labute approximate surface area is 106 Å². The van der Waals surface area contributed by atoms with Gasteiger partial charge in [0, 0.05) is 0 Å². The van der Waals surface area contributed by atoms with Crippen molar-refractivity contribution in [2.45, 2.75) is 38.8 Å². The normalized spacial score (nSPS) is 13.8. The molecule has 0 aromatic rings. The average molecular weight is 289 g/mol. The summed E-state index contributed by atoms with van der Waals surface area (Å²) in [5, 5.41) is 17.4. The number of nitrogens with zero attached hydrogens (tertiary/aromatic N) is 1. The lowest BCUT2D eigenvalue weighted by Gasteiger charge is -2.26. The first-order valence-corrected chi connectivity index (χ1v) is 4.98. The van der Waals surface area contributed by atoms with E-state index < -0.39 is 41.7 Å². The maximum atomic E-state index is 11.8. The minimum absolute atomic E-state index is 0.459. The van der Waals surface area contributed by atoms with Gasteiger partial charge in [0.05, 0.1) is 6.61 Å². The number of carbonyl (C=O) groups is 2. The molecule has 0 unspecified atom stereocenters. The number of amides is 1. The summed E-state index contributed by atoms with van der Waals surface area (Å²) in [4.78, 5) is 22.0. The van der Waals surface area contributed by atoms with Crippen LogP contribution in [0.1, 0.15) is 20.8 Å². The van der Waals surface area contributed by atoms with E-state index in [0.717, 1.165) is 0 Å². The number of carbonyl (C=O) groups excluding carboxylic acids is 1. The van der Waals surface area contributed by atoms with E-state index in [1.807, 2.05) is 0 Å². The summed E-state index contributed by atoms with van der Waals surface area (Å²) in [7, 11) is 0. The second kappa shape index (κ2) is 6.06. The molecule has 0 fully saturated rings. The molecule has 19 heavy (non-hydrogen) atoms. The second-order valence-corrected chi connectivity index (χ2v) is 4.44. The van der Waals surface area contributed by atoms with Crippen molar-refractivity contribution in [2.24, 2.45) is 0 Å². The molecule has 0 saturated heterocycles. The maximum absolute atomic E-state index is 11.8. The van der Waals surface area contributed by atoms with Gasteiger partial charge in [0.2, 0.25) is 0 Å². The fraction of sp³-hybridized carbons (Fsp3) is 0.778. The lowest BCUT2D eigenvalue weighted by atomic mass is 10.2. The van der Waals surface area contributed by atoms with Gasteiger partial charge >= 0.3 is 18.4 Å². The van der Waals surface area contributed by atoms with Crippen molar-refractivity contribution in [2.75, 3.05) is 6.61 Å². The zero-order chi connectivity index (χ0) is 15.4. The third-order valence-corrected chi connectivity index (χ3v) is 1.57. The molecule has 0 aliphatic carbocycles. The first-order chi connectivity index (χ1) is 8.33. The SMILES string of the molecule is CC(C)(C)OC(=O)N(O)[C@@H](COC(F)(F)F)C(=O)O. The summed E-state index contributed by atoms with van der Waals surface area (Å²) >= 11 is 0. The zero-order valence-corrected chi connectivity index (χ0v) is 10.4. The van der Waals surface area contributed by atoms with E-state index in [1.165, 1.54) is 20.8 Å². The number of hydrogen-bond acceptors (Lipinski definition) is 5. The van der Waals surface area contributed by atoms with Crippen molar-refractivity contribution in [1.82, 2.24) is 5.06 Å². The van der Waals surface area contributed by atoms with Crippen LogP contribution in [-0.4, -0.2) is 52.1 Å². The van der Waals surface area contributed by atoms with Crippen LogP contribution in [0.15, 0.2) is 0 Å². The van der Waals surface area contributed by atoms with Gasteiger partial charge in [-0.25, -0.2) is 9.59 Å². The standard InChI is InChI=1S/C9H14F3NO6/c1-8(2,3)19-7(16)13(17)5(6(14)15)4-18-9(10,11)12/h5,17H,4H2,1-3H3,(H,14,15)/t5-/m0/s1. The van der Waals surface area contributed by atoms with Crippen molar-refractivity contribution in [3.05, 3.63) is 0 Å². The minimum atomic E-state index is -5.08. The first-order valence-electron chi connectivity index (χ1n) is 4.98. The van der Waals surface area contributed by atoms with Crippen LogP contribution < -0.4 is 0 Å². The molecule has 0 saturated carbocycles. The predicted octanol–water partition coefficient (Wildman–Crippen LogP) is 1.60. The molecule has 2 N–H and O–H groups in total. The average Bonchev–Trinajstić information content (AvgIpc) is 2.12. The fourth-order valence-electron chi connectivity index (χ4n) is 0.856. The van der Waals surface area contributed by atoms with E-state index in [2.05, 4.69) is 9.47 Å². The molecule has 1 atom stereocenters. The van der Waals surface area contributed by atoms with Crippen molar-refractivity contribution < 1.29 is 42.5 Å². The van der Waals surface area contributed by atoms with E-state index in [-0.39, 0.29) is 0 Å². The third kappa shape index (κ3) is 7.47. The molecule has 0 aromatic heterocycles. The molecular weight excluding hydrogens is 275 g/mol. The highest BCUT2D eigenvalue weighted by Gasteiger charge is 2.37. The van der Waals surface area contributed by atoms with Crippen LogP contribution in [0.4, 0.5) is 18.0 Å². The molecule has 0 heterocycles. The van der Waals surface area contributed by atoms with Gasteiger partial charge in [0.1, 0.15) is 5.60 Å². The Morgan fingerprint density at radius 3 is 2.05 bits per heavy atom. The Bertz CT molecular complexity index is 338. The van der Waals surface area contributed by atoms with Crippen LogP contribution >= 0.6 is 0 Å². The molecule has 0 bridgehead atoms. The highest BCUT2D eigenvalue weighted by Crippen LogP contribution is 2.18. The van der Waals surface area contributed by atoms with Crippen molar-refractivity contribution in [3.63, 3.8) is 0 Å². The van der Waals surface area contributed by atoms with Crippen LogP contribution in [0.25, 0.3) is 0 Å². The van der Waals surface area contributed by atoms with Gasteiger partial charge in [0.25, 0.3) is 0 Å². The number of rotatable bonds is 4. The number of carboxylic acid groups (broad SMARTS) is 1. The Kier molecular flexibility index (Phi) is 5.57. The number of alkyl halides is 3. The maximum Gasteiger partial charge on any atom is 0.522 e. The topological polar surface area (TPSA) is 96.3 Å². The van der Waals surface area contributed by atoms with Gasteiger partial charge in [-0.15, -0.1) is 13.2 Å². The molecule has 0 aliphatic heterocycles. The second-order valence-electron chi connectivity index (χ2n) is 4.44. The van der Waals surface area contributed by atoms with Gasteiger partial charge in [-0.3, -0.25) is 9.94 Å². The van der Waals surface area contributed by atoms with Crippen molar-refractivity contribution in [3.8, 4) is 0 Å². The largest absolute Gasteiger partial charge is 0.522 e. The van der Waals surface area contributed by atoms with Crippen LogP contribution in [-0.2, 0) is 14.3 Å². The Morgan fingerprint density at radius 2 is 1.74 bits per heavy atom. The lowest BCUT2D eigenvalue weighted by molar-refractivity contribution is -0.330. The summed E-state index contributed by atoms with van der Waals surface area (Å²) in [6.07, 6.45) is -6.58. The molecule has 112 valence electrons. The Hall–Kier alpha value is -1.55. The minimum Gasteiger partial charge on any atom is -0.480 e. The van der Waals surface area contributed by atoms with Gasteiger partial charge in [-0.05, 0) is 20.8 Å².